The van der Waals surface area contributed by atoms with Crippen LogP contribution in [-0.4, -0.2) is 26.6 Å². The van der Waals surface area contributed by atoms with Crippen molar-refractivity contribution in [3.05, 3.63) is 95.2 Å². The highest BCUT2D eigenvalue weighted by Gasteiger charge is 2.10. The average molecular weight is 428 g/mol. The molecule has 0 spiro atoms. The maximum atomic E-state index is 6.04. The molecule has 0 amide bonds. The molecule has 0 saturated carbocycles. The van der Waals surface area contributed by atoms with Crippen LogP contribution in [0.15, 0.2) is 67.1 Å². The van der Waals surface area contributed by atoms with Gasteiger partial charge in [-0.2, -0.15) is 0 Å². The highest BCUT2D eigenvalue weighted by atomic mass is 16.5. The molecule has 0 aliphatic heterocycles. The van der Waals surface area contributed by atoms with Crippen LogP contribution in [0.3, 0.4) is 0 Å². The Kier molecular flexibility index (Phi) is 6.23. The van der Waals surface area contributed by atoms with E-state index in [-0.39, 0.29) is 0 Å². The van der Waals surface area contributed by atoms with E-state index in [1.807, 2.05) is 44.6 Å². The van der Waals surface area contributed by atoms with Crippen molar-refractivity contribution in [2.45, 2.75) is 26.9 Å². The summed E-state index contributed by atoms with van der Waals surface area (Å²) >= 11 is 0. The fourth-order valence-electron chi connectivity index (χ4n) is 3.73. The lowest BCUT2D eigenvalue weighted by atomic mass is 10.00. The number of benzene rings is 2. The highest BCUT2D eigenvalue weighted by Crippen LogP contribution is 2.23. The number of hydrogen-bond donors (Lipinski definition) is 1. The van der Waals surface area contributed by atoms with E-state index in [4.69, 9.17) is 15.6 Å². The van der Waals surface area contributed by atoms with Crippen LogP contribution in [0.4, 0.5) is 0 Å². The number of hydrazine groups is 1. The summed E-state index contributed by atoms with van der Waals surface area (Å²) in [7, 11) is 3.86. The summed E-state index contributed by atoms with van der Waals surface area (Å²) in [5, 5.41) is 1.58. The first-order chi connectivity index (χ1) is 15.4. The van der Waals surface area contributed by atoms with Gasteiger partial charge in [-0.1, -0.05) is 12.1 Å². The minimum absolute atomic E-state index is 0.419. The SMILES string of the molecule is Cc1cc2nc(COc3ccc(C/C(=C\N(C)N)c4ccncc4)cc3)n(C)c2cc1C. The van der Waals surface area contributed by atoms with Crippen LogP contribution in [-0.2, 0) is 20.1 Å². The lowest BCUT2D eigenvalue weighted by Crippen LogP contribution is -2.19. The number of rotatable bonds is 7. The number of allylic oxidation sites excluding steroid dienone is 1. The van der Waals surface area contributed by atoms with Crippen LogP contribution in [0.5, 0.6) is 5.75 Å². The summed E-state index contributed by atoms with van der Waals surface area (Å²) in [6.45, 7) is 4.66. The van der Waals surface area contributed by atoms with Gasteiger partial charge in [-0.25, -0.2) is 10.8 Å². The summed E-state index contributed by atoms with van der Waals surface area (Å²) in [5.41, 5.74) is 8.05. The number of imidazole rings is 1. The predicted octanol–water partition coefficient (Wildman–Crippen LogP) is 4.55. The molecule has 0 atom stereocenters. The normalized spacial score (nSPS) is 11.7. The third-order valence-electron chi connectivity index (χ3n) is 5.69. The zero-order valence-corrected chi connectivity index (χ0v) is 19.0. The van der Waals surface area contributed by atoms with Gasteiger partial charge in [-0.15, -0.1) is 0 Å². The van der Waals surface area contributed by atoms with Crippen molar-refractivity contribution in [1.82, 2.24) is 19.5 Å². The average Bonchev–Trinajstić information content (AvgIpc) is 3.08. The van der Waals surface area contributed by atoms with Crippen molar-refractivity contribution in [3.63, 3.8) is 0 Å². The van der Waals surface area contributed by atoms with Crippen LogP contribution < -0.4 is 10.6 Å². The van der Waals surface area contributed by atoms with Crippen molar-refractivity contribution < 1.29 is 4.74 Å². The largest absolute Gasteiger partial charge is 0.486 e. The first-order valence-electron chi connectivity index (χ1n) is 10.6. The second-order valence-electron chi connectivity index (χ2n) is 8.18. The minimum atomic E-state index is 0.419. The molecule has 0 aliphatic rings. The maximum Gasteiger partial charge on any atom is 0.147 e. The molecule has 2 N–H and O–H groups in total. The molecule has 0 aliphatic carbocycles. The molecular formula is C26H29N5O. The van der Waals surface area contributed by atoms with Gasteiger partial charge in [-0.3, -0.25) is 4.98 Å². The molecule has 2 aromatic heterocycles. The molecule has 0 fully saturated rings. The van der Waals surface area contributed by atoms with E-state index in [1.165, 1.54) is 16.7 Å². The van der Waals surface area contributed by atoms with E-state index >= 15 is 0 Å². The third kappa shape index (κ3) is 4.81. The van der Waals surface area contributed by atoms with E-state index in [9.17, 15) is 0 Å². The Morgan fingerprint density at radius 1 is 1.06 bits per heavy atom. The van der Waals surface area contributed by atoms with Crippen molar-refractivity contribution in [2.24, 2.45) is 12.9 Å². The molecule has 0 unspecified atom stereocenters. The van der Waals surface area contributed by atoms with Crippen molar-refractivity contribution >= 4 is 16.6 Å². The van der Waals surface area contributed by atoms with Crippen LogP contribution in [0.25, 0.3) is 16.6 Å². The van der Waals surface area contributed by atoms with E-state index < -0.39 is 0 Å². The fourth-order valence-corrected chi connectivity index (χ4v) is 3.73. The number of pyridine rings is 1. The van der Waals surface area contributed by atoms with Gasteiger partial charge >= 0.3 is 0 Å². The second-order valence-corrected chi connectivity index (χ2v) is 8.18. The Balaban J connectivity index is 1.46. The fraction of sp³-hybridized carbons (Fsp3) is 0.231. The van der Waals surface area contributed by atoms with Gasteiger partial charge in [-0.05, 0) is 84.5 Å². The number of nitrogens with two attached hydrogens (primary N) is 1. The molecule has 164 valence electrons. The molecule has 2 aromatic carbocycles. The van der Waals surface area contributed by atoms with Crippen molar-refractivity contribution in [2.75, 3.05) is 7.05 Å². The monoisotopic (exact) mass is 427 g/mol. The van der Waals surface area contributed by atoms with Crippen LogP contribution in [0, 0.1) is 13.8 Å². The molecule has 6 heteroatoms. The Morgan fingerprint density at radius 3 is 2.44 bits per heavy atom. The van der Waals surface area contributed by atoms with Crippen LogP contribution in [0.2, 0.25) is 0 Å². The predicted molar refractivity (Wildman–Crippen MR) is 129 cm³/mol. The number of fused-ring (bicyclic) bond motifs is 1. The Labute approximate surface area is 188 Å². The Morgan fingerprint density at radius 2 is 1.75 bits per heavy atom. The molecular weight excluding hydrogens is 398 g/mol. The molecule has 4 rings (SSSR count). The van der Waals surface area contributed by atoms with E-state index in [0.29, 0.717) is 6.61 Å². The van der Waals surface area contributed by atoms with E-state index in [1.54, 1.807) is 17.4 Å². The number of nitrogens with zero attached hydrogens (tertiary/aromatic N) is 4. The molecule has 4 aromatic rings. The molecule has 32 heavy (non-hydrogen) atoms. The lowest BCUT2D eigenvalue weighted by molar-refractivity contribution is 0.292. The maximum absolute atomic E-state index is 6.04. The van der Waals surface area contributed by atoms with E-state index in [0.717, 1.165) is 40.2 Å². The van der Waals surface area contributed by atoms with Gasteiger partial charge in [0, 0.05) is 32.7 Å². The zero-order valence-electron chi connectivity index (χ0n) is 19.0. The minimum Gasteiger partial charge on any atom is -0.486 e. The quantitative estimate of drug-likeness (QED) is 0.346. The molecule has 6 nitrogen and oxygen atoms in total. The smallest absolute Gasteiger partial charge is 0.147 e. The van der Waals surface area contributed by atoms with Crippen molar-refractivity contribution in [1.29, 1.82) is 0 Å². The van der Waals surface area contributed by atoms with Crippen molar-refractivity contribution in [3.8, 4) is 5.75 Å². The lowest BCUT2D eigenvalue weighted by Gasteiger charge is -2.13. The first-order valence-corrected chi connectivity index (χ1v) is 10.6. The molecule has 0 saturated heterocycles. The number of ether oxygens (including phenoxy) is 1. The standard InChI is InChI=1S/C26H29N5O/c1-18-13-24-25(14-19(18)2)31(4)26(29-24)17-32-23-7-5-20(6-8-23)15-22(16-30(3)27)21-9-11-28-12-10-21/h5-14,16H,15,17,27H2,1-4H3/b22-16+. The summed E-state index contributed by atoms with van der Waals surface area (Å²) in [4.78, 5) is 8.86. The summed E-state index contributed by atoms with van der Waals surface area (Å²) in [6, 6.07) is 16.5. The number of aryl methyl sites for hydroxylation is 3. The summed E-state index contributed by atoms with van der Waals surface area (Å²) in [5.74, 6) is 7.60. The summed E-state index contributed by atoms with van der Waals surface area (Å²) < 4.78 is 8.14. The summed E-state index contributed by atoms with van der Waals surface area (Å²) in [6.07, 6.45) is 6.28. The van der Waals surface area contributed by atoms with E-state index in [2.05, 4.69) is 47.7 Å². The highest BCUT2D eigenvalue weighted by molar-refractivity contribution is 5.78. The van der Waals surface area contributed by atoms with Gasteiger partial charge in [0.15, 0.2) is 0 Å². The topological polar surface area (TPSA) is 69.2 Å². The van der Waals surface area contributed by atoms with Gasteiger partial charge < -0.3 is 14.3 Å². The van der Waals surface area contributed by atoms with Crippen LogP contribution >= 0.6 is 0 Å². The number of hydrogen-bond acceptors (Lipinski definition) is 5. The zero-order chi connectivity index (χ0) is 22.7. The number of aromatic nitrogens is 3. The molecule has 2 heterocycles. The Bertz CT molecular complexity index is 1240. The molecule has 0 radical (unpaired) electrons. The van der Waals surface area contributed by atoms with Gasteiger partial charge in [0.1, 0.15) is 18.2 Å². The van der Waals surface area contributed by atoms with Gasteiger partial charge in [0.05, 0.1) is 11.0 Å². The Hall–Kier alpha value is -3.64. The van der Waals surface area contributed by atoms with Gasteiger partial charge in [0.2, 0.25) is 0 Å². The van der Waals surface area contributed by atoms with Gasteiger partial charge in [0.25, 0.3) is 0 Å². The van der Waals surface area contributed by atoms with Crippen LogP contribution in [0.1, 0.15) is 28.1 Å². The third-order valence-corrected chi connectivity index (χ3v) is 5.69. The second kappa shape index (κ2) is 9.24. The first kappa shape index (κ1) is 21.6. The molecule has 0 bridgehead atoms.